The number of guanidine groups is 1. The lowest BCUT2D eigenvalue weighted by Crippen LogP contribution is -2.38. The Morgan fingerprint density at radius 1 is 1.17 bits per heavy atom. The highest BCUT2D eigenvalue weighted by Crippen LogP contribution is 2.07. The highest BCUT2D eigenvalue weighted by atomic mass is 127. The van der Waals surface area contributed by atoms with Gasteiger partial charge in [0.2, 0.25) is 10.0 Å². The van der Waals surface area contributed by atoms with Crippen molar-refractivity contribution in [3.05, 3.63) is 35.4 Å². The molecule has 0 aliphatic carbocycles. The van der Waals surface area contributed by atoms with Crippen molar-refractivity contribution >= 4 is 40.0 Å². The van der Waals surface area contributed by atoms with Gasteiger partial charge >= 0.3 is 0 Å². The molecule has 0 aromatic heterocycles. The summed E-state index contributed by atoms with van der Waals surface area (Å²) in [6.07, 6.45) is 0. The molecule has 1 rings (SSSR count). The molecule has 0 atom stereocenters. The van der Waals surface area contributed by atoms with E-state index in [4.69, 9.17) is 4.74 Å². The van der Waals surface area contributed by atoms with Crippen LogP contribution in [-0.4, -0.2) is 48.2 Å². The van der Waals surface area contributed by atoms with Crippen LogP contribution in [0.25, 0.3) is 0 Å². The molecule has 3 N–H and O–H groups in total. The smallest absolute Gasteiger partial charge is 0.215 e. The van der Waals surface area contributed by atoms with E-state index in [9.17, 15) is 8.42 Å². The van der Waals surface area contributed by atoms with Gasteiger partial charge in [-0.05, 0) is 25.1 Å². The fourth-order valence-corrected chi connectivity index (χ4v) is 2.61. The molecule has 0 saturated heterocycles. The maximum absolute atomic E-state index is 11.5. The fourth-order valence-electron chi connectivity index (χ4n) is 1.84. The van der Waals surface area contributed by atoms with E-state index in [1.807, 2.05) is 31.2 Å². The Morgan fingerprint density at radius 3 is 2.33 bits per heavy atom. The molecule has 1 aromatic carbocycles. The van der Waals surface area contributed by atoms with Crippen LogP contribution in [0.4, 0.5) is 0 Å². The monoisotopic (exact) mass is 470 g/mol. The average molecular weight is 470 g/mol. The first kappa shape index (κ1) is 23.1. The number of hydrogen-bond donors (Lipinski definition) is 3. The van der Waals surface area contributed by atoms with Crippen molar-refractivity contribution in [2.45, 2.75) is 19.2 Å². The van der Waals surface area contributed by atoms with E-state index in [1.54, 1.807) is 7.05 Å². The molecule has 0 aliphatic rings. The molecule has 0 unspecified atom stereocenters. The van der Waals surface area contributed by atoms with Gasteiger partial charge in [0.15, 0.2) is 5.96 Å². The van der Waals surface area contributed by atoms with Crippen LogP contribution in [0, 0.1) is 0 Å². The summed E-state index contributed by atoms with van der Waals surface area (Å²) in [5.41, 5.74) is 1.80. The van der Waals surface area contributed by atoms with Gasteiger partial charge in [-0.3, -0.25) is 4.99 Å². The number of nitrogens with zero attached hydrogens (tertiary/aromatic N) is 1. The van der Waals surface area contributed by atoms with Crippen molar-refractivity contribution in [1.29, 1.82) is 0 Å². The first-order valence-electron chi connectivity index (χ1n) is 7.52. The van der Waals surface area contributed by atoms with Crippen molar-refractivity contribution < 1.29 is 13.2 Å². The molecule has 0 aliphatic heterocycles. The summed E-state index contributed by atoms with van der Waals surface area (Å²) in [5, 5.41) is 6.35. The van der Waals surface area contributed by atoms with E-state index in [-0.39, 0.29) is 29.7 Å². The summed E-state index contributed by atoms with van der Waals surface area (Å²) in [7, 11) is -0.112. The van der Waals surface area contributed by atoms with Crippen LogP contribution in [-0.2, 0) is 27.1 Å². The third-order valence-electron chi connectivity index (χ3n) is 3.12. The molecule has 7 nitrogen and oxygen atoms in total. The molecule has 0 radical (unpaired) electrons. The molecule has 0 spiro atoms. The second kappa shape index (κ2) is 12.5. The van der Waals surface area contributed by atoms with Crippen LogP contribution in [0.1, 0.15) is 18.1 Å². The summed E-state index contributed by atoms with van der Waals surface area (Å²) in [6.45, 7) is 4.58. The number of benzene rings is 1. The number of rotatable bonds is 9. The fraction of sp³-hybridized carbons (Fsp3) is 0.533. The number of hydrogen-bond acceptors (Lipinski definition) is 4. The van der Waals surface area contributed by atoms with Crippen LogP contribution in [0.5, 0.6) is 0 Å². The molecule has 0 fully saturated rings. The minimum atomic E-state index is -3.24. The number of ether oxygens (including phenoxy) is 1. The van der Waals surface area contributed by atoms with Gasteiger partial charge in [0.25, 0.3) is 0 Å². The topological polar surface area (TPSA) is 91.8 Å². The lowest BCUT2D eigenvalue weighted by atomic mass is 10.1. The zero-order chi connectivity index (χ0) is 17.1. The lowest BCUT2D eigenvalue weighted by molar-refractivity contribution is 0.152. The van der Waals surface area contributed by atoms with Crippen molar-refractivity contribution in [3.8, 4) is 0 Å². The Kier molecular flexibility index (Phi) is 12.0. The van der Waals surface area contributed by atoms with Crippen LogP contribution in [0.2, 0.25) is 0 Å². The Labute approximate surface area is 161 Å². The molecular formula is C15H27IN4O3S. The van der Waals surface area contributed by atoms with E-state index >= 15 is 0 Å². The number of aliphatic imine (C=N–C) groups is 1. The Hall–Kier alpha value is -0.910. The first-order valence-corrected chi connectivity index (χ1v) is 9.17. The van der Waals surface area contributed by atoms with E-state index in [2.05, 4.69) is 20.3 Å². The Bertz CT molecular complexity index is 591. The average Bonchev–Trinajstić information content (AvgIpc) is 2.55. The summed E-state index contributed by atoms with van der Waals surface area (Å²) >= 11 is 0. The van der Waals surface area contributed by atoms with Gasteiger partial charge in [0.05, 0.1) is 12.4 Å². The lowest BCUT2D eigenvalue weighted by Gasteiger charge is -2.12. The second-order valence-electron chi connectivity index (χ2n) is 4.83. The molecule has 0 saturated carbocycles. The Morgan fingerprint density at radius 2 is 1.79 bits per heavy atom. The number of nitrogens with one attached hydrogen (secondary N) is 3. The van der Waals surface area contributed by atoms with E-state index in [0.29, 0.717) is 32.3 Å². The van der Waals surface area contributed by atoms with E-state index in [0.717, 1.165) is 11.1 Å². The quantitative estimate of drug-likeness (QED) is 0.217. The zero-order valence-electron chi connectivity index (χ0n) is 14.3. The molecule has 138 valence electrons. The van der Waals surface area contributed by atoms with Gasteiger partial charge in [0, 0.05) is 26.7 Å². The maximum Gasteiger partial charge on any atom is 0.215 e. The minimum Gasteiger partial charge on any atom is -0.380 e. The number of sulfonamides is 1. The maximum atomic E-state index is 11.5. The predicted molar refractivity (Wildman–Crippen MR) is 108 cm³/mol. The number of halogens is 1. The predicted octanol–water partition coefficient (Wildman–Crippen LogP) is 1.06. The van der Waals surface area contributed by atoms with E-state index < -0.39 is 10.0 Å². The summed E-state index contributed by atoms with van der Waals surface area (Å²) < 4.78 is 30.6. The van der Waals surface area contributed by atoms with Crippen molar-refractivity contribution in [2.24, 2.45) is 4.99 Å². The van der Waals surface area contributed by atoms with Gasteiger partial charge in [-0.2, -0.15) is 0 Å². The molecule has 9 heteroatoms. The van der Waals surface area contributed by atoms with Crippen molar-refractivity contribution in [3.63, 3.8) is 0 Å². The summed E-state index contributed by atoms with van der Waals surface area (Å²) in [4.78, 5) is 4.13. The summed E-state index contributed by atoms with van der Waals surface area (Å²) in [6, 6.07) is 7.44. The minimum absolute atomic E-state index is 0. The van der Waals surface area contributed by atoms with Gasteiger partial charge in [-0.1, -0.05) is 24.3 Å². The molecular weight excluding hydrogens is 443 g/mol. The van der Waals surface area contributed by atoms with Crippen LogP contribution in [0.3, 0.4) is 0 Å². The molecule has 0 amide bonds. The highest BCUT2D eigenvalue weighted by Gasteiger charge is 2.08. The Balaban J connectivity index is 0.00000529. The highest BCUT2D eigenvalue weighted by molar-refractivity contribution is 14.0. The third-order valence-corrected chi connectivity index (χ3v) is 4.45. The second-order valence-corrected chi connectivity index (χ2v) is 6.76. The standard InChI is InChI=1S/C15H26N4O3S.HI/c1-4-22-10-9-18-15(16-2)19-11-13-5-7-14(8-6-13)12-23(20,21)17-3;/h5-8,17H,4,9-12H2,1-3H3,(H2,16,18,19);1H. The van der Waals surface area contributed by atoms with Crippen LogP contribution in [0.15, 0.2) is 29.3 Å². The third kappa shape index (κ3) is 9.40. The SMILES string of the molecule is CCOCCNC(=NC)NCc1ccc(CS(=O)(=O)NC)cc1.I. The van der Waals surface area contributed by atoms with Gasteiger partial charge in [-0.25, -0.2) is 13.1 Å². The first-order chi connectivity index (χ1) is 11.0. The zero-order valence-corrected chi connectivity index (χ0v) is 17.5. The normalized spacial score (nSPS) is 11.7. The molecule has 1 aromatic rings. The molecule has 24 heavy (non-hydrogen) atoms. The van der Waals surface area contributed by atoms with Crippen LogP contribution >= 0.6 is 24.0 Å². The van der Waals surface area contributed by atoms with Gasteiger partial charge in [0.1, 0.15) is 0 Å². The van der Waals surface area contributed by atoms with Crippen molar-refractivity contribution in [1.82, 2.24) is 15.4 Å². The molecule has 0 bridgehead atoms. The summed E-state index contributed by atoms with van der Waals surface area (Å²) in [5.74, 6) is 0.684. The van der Waals surface area contributed by atoms with Gasteiger partial charge in [-0.15, -0.1) is 24.0 Å². The van der Waals surface area contributed by atoms with Crippen molar-refractivity contribution in [2.75, 3.05) is 33.9 Å². The largest absolute Gasteiger partial charge is 0.380 e. The van der Waals surface area contributed by atoms with E-state index in [1.165, 1.54) is 7.05 Å². The van der Waals surface area contributed by atoms with Crippen LogP contribution < -0.4 is 15.4 Å². The van der Waals surface area contributed by atoms with Gasteiger partial charge < -0.3 is 15.4 Å². The molecule has 0 heterocycles.